The zero-order valence-corrected chi connectivity index (χ0v) is 47.5. The predicted octanol–water partition coefficient (Wildman–Crippen LogP) is 17.8. The highest BCUT2D eigenvalue weighted by Crippen LogP contribution is 2.63. The normalized spacial score (nSPS) is 18.8. The molecule has 0 aromatic heterocycles. The van der Waals surface area contributed by atoms with E-state index in [0.717, 1.165) is 53.3 Å². The van der Waals surface area contributed by atoms with Crippen molar-refractivity contribution in [3.8, 4) is 22.3 Å². The van der Waals surface area contributed by atoms with Crippen LogP contribution >= 0.6 is 0 Å². The highest BCUT2D eigenvalue weighted by molar-refractivity contribution is 7.00. The largest absolute Gasteiger partial charge is 0.334 e. The standard InChI is InChI=1S/C71H75BFN3/c1-66(2,3)47-27-32-58(53(38-47)45-22-17-15-18-23-45)74-61-34-29-49(68(7,8)9)40-57(61)72-56-31-26-50(69(10,11)12)41-62(56)75(59-33-28-48(67(4,5)6)39-54(59)46-24-19-16-20-25-46)64-44-52(43-63(74)65(64)72)76-60-35-30-51(73)42-55(60)70(13)36-21-37-71(70,76)14/h15-20,22-35,38-44H,21,36-37H2,1-14H3. The van der Waals surface area contributed by atoms with Crippen LogP contribution in [0.15, 0.2) is 164 Å². The number of fused-ring (bicyclic) bond motifs is 7. The molecule has 5 heteroatoms. The SMILES string of the molecule is CC(C)(C)c1ccc2c(c1)B1c3ccc(C(C)(C)C)cc3N(c3ccc(C(C)(C)C)cc3-c3ccccc3)c3cc(N4c5ccc(F)cc5C5(C)CCCC45C)cc(c31)N2c1ccc(C(C)(C)C)cc1-c1ccccc1. The summed E-state index contributed by atoms with van der Waals surface area (Å²) in [4.78, 5) is 7.91. The predicted molar refractivity (Wildman–Crippen MR) is 324 cm³/mol. The summed E-state index contributed by atoms with van der Waals surface area (Å²) in [6.45, 7) is 32.7. The fraction of sp³-hybridized carbons (Fsp3) is 0.324. The van der Waals surface area contributed by atoms with Gasteiger partial charge in [0.1, 0.15) is 5.82 Å². The smallest absolute Gasteiger partial charge is 0.252 e. The van der Waals surface area contributed by atoms with Gasteiger partial charge in [-0.15, -0.1) is 0 Å². The zero-order valence-electron chi connectivity index (χ0n) is 47.5. The van der Waals surface area contributed by atoms with E-state index in [1.165, 1.54) is 78.0 Å². The third-order valence-corrected chi connectivity index (χ3v) is 18.2. The van der Waals surface area contributed by atoms with Crippen LogP contribution < -0.4 is 31.1 Å². The topological polar surface area (TPSA) is 9.72 Å². The average molecular weight is 1000 g/mol. The van der Waals surface area contributed by atoms with Crippen molar-refractivity contribution in [1.29, 1.82) is 0 Å². The van der Waals surface area contributed by atoms with Crippen LogP contribution in [0.4, 0.5) is 49.9 Å². The Morgan fingerprint density at radius 1 is 0.421 bits per heavy atom. The summed E-state index contributed by atoms with van der Waals surface area (Å²) in [6, 6.07) is 61.8. The number of anilines is 8. The molecule has 0 bridgehead atoms. The molecule has 0 amide bonds. The quantitative estimate of drug-likeness (QED) is 0.159. The van der Waals surface area contributed by atoms with Crippen molar-refractivity contribution >= 4 is 68.6 Å². The van der Waals surface area contributed by atoms with Gasteiger partial charge >= 0.3 is 0 Å². The Morgan fingerprint density at radius 2 is 0.882 bits per heavy atom. The number of benzene rings is 8. The molecule has 2 unspecified atom stereocenters. The molecule has 0 radical (unpaired) electrons. The molecule has 1 aliphatic carbocycles. The van der Waals surface area contributed by atoms with Crippen molar-refractivity contribution in [2.24, 2.45) is 0 Å². The molecule has 8 aromatic rings. The Hall–Kier alpha value is -6.85. The molecule has 2 atom stereocenters. The van der Waals surface area contributed by atoms with Crippen LogP contribution in [0, 0.1) is 5.82 Å². The third-order valence-electron chi connectivity index (χ3n) is 18.2. The fourth-order valence-electron chi connectivity index (χ4n) is 13.6. The van der Waals surface area contributed by atoms with E-state index in [1.807, 2.05) is 6.07 Å². The van der Waals surface area contributed by atoms with Gasteiger partial charge in [0.2, 0.25) is 0 Å². The molecule has 0 saturated heterocycles. The molecule has 3 heterocycles. The number of halogens is 1. The molecule has 384 valence electrons. The fourth-order valence-corrected chi connectivity index (χ4v) is 13.6. The summed E-state index contributed by atoms with van der Waals surface area (Å²) in [7, 11) is 0. The maximum atomic E-state index is 15.7. The van der Waals surface area contributed by atoms with Gasteiger partial charge < -0.3 is 14.7 Å². The summed E-state index contributed by atoms with van der Waals surface area (Å²) in [5.41, 5.74) is 23.2. The van der Waals surface area contributed by atoms with Crippen molar-refractivity contribution in [3.05, 3.63) is 197 Å². The van der Waals surface area contributed by atoms with Gasteiger partial charge in [-0.05, 0) is 163 Å². The second-order valence-electron chi connectivity index (χ2n) is 27.2. The van der Waals surface area contributed by atoms with E-state index in [4.69, 9.17) is 0 Å². The van der Waals surface area contributed by atoms with Crippen LogP contribution in [-0.4, -0.2) is 12.3 Å². The summed E-state index contributed by atoms with van der Waals surface area (Å²) in [5, 5.41) is 0. The van der Waals surface area contributed by atoms with Crippen LogP contribution in [0.1, 0.15) is 144 Å². The molecule has 4 aliphatic rings. The van der Waals surface area contributed by atoms with E-state index in [0.29, 0.717) is 0 Å². The minimum atomic E-state index is -0.313. The molecule has 12 rings (SSSR count). The van der Waals surface area contributed by atoms with Crippen LogP contribution in [0.2, 0.25) is 0 Å². The Kier molecular flexibility index (Phi) is 11.2. The molecule has 1 saturated carbocycles. The Labute approximate surface area is 453 Å². The Bertz CT molecular complexity index is 3620. The van der Waals surface area contributed by atoms with E-state index < -0.39 is 0 Å². The molecular weight excluding hydrogens is 925 g/mol. The van der Waals surface area contributed by atoms with Gasteiger partial charge in [0.25, 0.3) is 6.71 Å². The maximum absolute atomic E-state index is 15.7. The van der Waals surface area contributed by atoms with Crippen LogP contribution in [0.3, 0.4) is 0 Å². The molecule has 8 aromatic carbocycles. The van der Waals surface area contributed by atoms with E-state index in [9.17, 15) is 0 Å². The highest BCUT2D eigenvalue weighted by Gasteiger charge is 2.60. The lowest BCUT2D eigenvalue weighted by atomic mass is 9.33. The Balaban J connectivity index is 1.27. The van der Waals surface area contributed by atoms with Gasteiger partial charge in [-0.3, -0.25) is 0 Å². The first-order valence-electron chi connectivity index (χ1n) is 27.9. The maximum Gasteiger partial charge on any atom is 0.252 e. The minimum absolute atomic E-state index is 0.0746. The van der Waals surface area contributed by atoms with Crippen LogP contribution in [0.5, 0.6) is 0 Å². The van der Waals surface area contributed by atoms with Crippen molar-refractivity contribution < 1.29 is 4.39 Å². The van der Waals surface area contributed by atoms with Crippen LogP contribution in [0.25, 0.3) is 22.3 Å². The van der Waals surface area contributed by atoms with Gasteiger partial charge in [-0.2, -0.15) is 0 Å². The second-order valence-corrected chi connectivity index (χ2v) is 27.2. The first kappa shape index (κ1) is 50.0. The van der Waals surface area contributed by atoms with E-state index in [1.54, 1.807) is 6.07 Å². The third kappa shape index (κ3) is 7.72. The molecule has 3 nitrogen and oxygen atoms in total. The summed E-state index contributed by atoms with van der Waals surface area (Å²) < 4.78 is 15.7. The van der Waals surface area contributed by atoms with Gasteiger partial charge in [-0.25, -0.2) is 4.39 Å². The van der Waals surface area contributed by atoms with Gasteiger partial charge in [0, 0.05) is 50.7 Å². The summed E-state index contributed by atoms with van der Waals surface area (Å²) in [6.07, 6.45) is 3.07. The highest BCUT2D eigenvalue weighted by atomic mass is 19.1. The van der Waals surface area contributed by atoms with Crippen LogP contribution in [-0.2, 0) is 27.1 Å². The average Bonchev–Trinajstić information content (AvgIpc) is 3.94. The number of nitrogens with zero attached hydrogens (tertiary/aromatic N) is 3. The first-order valence-corrected chi connectivity index (χ1v) is 27.9. The Morgan fingerprint density at radius 3 is 1.41 bits per heavy atom. The van der Waals surface area contributed by atoms with Gasteiger partial charge in [0.15, 0.2) is 0 Å². The lowest BCUT2D eigenvalue weighted by molar-refractivity contribution is 0.330. The van der Waals surface area contributed by atoms with E-state index in [2.05, 4.69) is 263 Å². The number of hydrogen-bond acceptors (Lipinski definition) is 3. The number of rotatable bonds is 5. The van der Waals surface area contributed by atoms with Gasteiger partial charge in [0.05, 0.1) is 16.9 Å². The van der Waals surface area contributed by atoms with E-state index in [-0.39, 0.29) is 45.1 Å². The summed E-state index contributed by atoms with van der Waals surface area (Å²) >= 11 is 0. The first-order chi connectivity index (χ1) is 35.9. The molecule has 0 N–H and O–H groups in total. The van der Waals surface area contributed by atoms with Crippen molar-refractivity contribution in [2.45, 2.75) is 149 Å². The number of hydrogen-bond donors (Lipinski definition) is 0. The van der Waals surface area contributed by atoms with Crippen molar-refractivity contribution in [2.75, 3.05) is 14.7 Å². The lowest BCUT2D eigenvalue weighted by Gasteiger charge is -2.47. The van der Waals surface area contributed by atoms with Crippen molar-refractivity contribution in [3.63, 3.8) is 0 Å². The van der Waals surface area contributed by atoms with E-state index >= 15 is 4.39 Å². The molecule has 76 heavy (non-hydrogen) atoms. The molecule has 1 fully saturated rings. The lowest BCUT2D eigenvalue weighted by Crippen LogP contribution is -2.61. The monoisotopic (exact) mass is 1000 g/mol. The van der Waals surface area contributed by atoms with Gasteiger partial charge in [-0.1, -0.05) is 193 Å². The zero-order chi connectivity index (χ0) is 53.6. The molecule has 3 aliphatic heterocycles. The summed E-state index contributed by atoms with van der Waals surface area (Å²) in [5.74, 6) is -0.173. The minimum Gasteiger partial charge on any atom is -0.334 e. The molecular formula is C71H75BFN3. The molecule has 0 spiro atoms. The van der Waals surface area contributed by atoms with Crippen molar-refractivity contribution in [1.82, 2.24) is 0 Å². The second kappa shape index (κ2) is 17.1.